The van der Waals surface area contributed by atoms with Crippen LogP contribution in [0.3, 0.4) is 0 Å². The van der Waals surface area contributed by atoms with E-state index in [0.717, 1.165) is 11.1 Å². The molecule has 0 amide bonds. The summed E-state index contributed by atoms with van der Waals surface area (Å²) >= 11 is 5.38. The Hall–Kier alpha value is -2.16. The Balaban J connectivity index is 1.80. The number of rotatable bonds is 7. The molecule has 1 fully saturated rings. The fraction of sp³-hybridized carbons (Fsp3) is 0.381. The van der Waals surface area contributed by atoms with Crippen LogP contribution in [0, 0.1) is 12.3 Å². The Kier molecular flexibility index (Phi) is 5.04. The molecule has 29 heavy (non-hydrogen) atoms. The number of benzene rings is 2. The zero-order chi connectivity index (χ0) is 20.8. The van der Waals surface area contributed by atoms with Crippen LogP contribution < -0.4 is 15.2 Å². The molecule has 2 aromatic carbocycles. The van der Waals surface area contributed by atoms with E-state index in [9.17, 15) is 8.42 Å². The topological polar surface area (TPSA) is 87.8 Å². The summed E-state index contributed by atoms with van der Waals surface area (Å²) in [6.45, 7) is 4.50. The molecular weight excluding hydrogens is 410 g/mol. The van der Waals surface area contributed by atoms with E-state index in [2.05, 4.69) is 0 Å². The Morgan fingerprint density at radius 3 is 2.55 bits per heavy atom. The Labute approximate surface area is 175 Å². The van der Waals surface area contributed by atoms with Crippen LogP contribution in [-0.4, -0.2) is 38.7 Å². The molecule has 3 atom stereocenters. The number of fused-ring (bicyclic) bond motifs is 1. The van der Waals surface area contributed by atoms with Gasteiger partial charge in [-0.2, -0.15) is 0 Å². The number of sulfone groups is 1. The van der Waals surface area contributed by atoms with E-state index in [-0.39, 0.29) is 23.3 Å². The first-order valence-corrected chi connectivity index (χ1v) is 11.4. The highest BCUT2D eigenvalue weighted by Crippen LogP contribution is 2.65. The number of hydrogen-bond acceptors (Lipinski definition) is 6. The lowest BCUT2D eigenvalue weighted by Crippen LogP contribution is -2.33. The second-order valence-electron chi connectivity index (χ2n) is 7.41. The smallest absolute Gasteiger partial charge is 0.231 e. The maximum atomic E-state index is 13.6. The van der Waals surface area contributed by atoms with Crippen LogP contribution in [0.2, 0.25) is 0 Å². The molecule has 8 heteroatoms. The van der Waals surface area contributed by atoms with Gasteiger partial charge in [-0.25, -0.2) is 8.42 Å². The highest BCUT2D eigenvalue weighted by molar-refractivity contribution is 7.92. The first kappa shape index (κ1) is 20.1. The van der Waals surface area contributed by atoms with Gasteiger partial charge < -0.3 is 19.9 Å². The van der Waals surface area contributed by atoms with E-state index >= 15 is 0 Å². The van der Waals surface area contributed by atoms with Crippen LogP contribution in [0.4, 0.5) is 0 Å². The predicted octanol–water partition coefficient (Wildman–Crippen LogP) is 2.97. The van der Waals surface area contributed by atoms with Crippen molar-refractivity contribution in [2.24, 2.45) is 11.1 Å². The summed E-state index contributed by atoms with van der Waals surface area (Å²) in [5.41, 5.74) is 6.95. The van der Waals surface area contributed by atoms with Gasteiger partial charge in [0.1, 0.15) is 0 Å². The lowest BCUT2D eigenvalue weighted by Gasteiger charge is -2.17. The van der Waals surface area contributed by atoms with Gasteiger partial charge in [0.2, 0.25) is 6.79 Å². The van der Waals surface area contributed by atoms with Gasteiger partial charge in [0.05, 0.1) is 27.2 Å². The number of hydrogen-bond donors (Lipinski definition) is 1. The van der Waals surface area contributed by atoms with E-state index in [1.807, 2.05) is 26.0 Å². The molecule has 0 spiro atoms. The molecule has 0 aromatic heterocycles. The van der Waals surface area contributed by atoms with E-state index < -0.39 is 26.4 Å². The normalized spacial score (nSPS) is 25.0. The van der Waals surface area contributed by atoms with Crippen molar-refractivity contribution in [1.82, 2.24) is 0 Å². The Morgan fingerprint density at radius 2 is 1.90 bits per heavy atom. The van der Waals surface area contributed by atoms with E-state index in [0.29, 0.717) is 18.1 Å². The first-order chi connectivity index (χ1) is 13.8. The van der Waals surface area contributed by atoms with Crippen LogP contribution >= 0.6 is 12.2 Å². The molecule has 0 saturated heterocycles. The molecule has 6 nitrogen and oxygen atoms in total. The summed E-state index contributed by atoms with van der Waals surface area (Å²) in [4.78, 5) is 0.405. The fourth-order valence-corrected chi connectivity index (χ4v) is 6.89. The number of nitrogens with two attached hydrogens (primary N) is 1. The van der Waals surface area contributed by atoms with Gasteiger partial charge >= 0.3 is 0 Å². The molecule has 2 aliphatic rings. The van der Waals surface area contributed by atoms with Gasteiger partial charge in [-0.15, -0.1) is 0 Å². The zero-order valence-electron chi connectivity index (χ0n) is 16.3. The van der Waals surface area contributed by atoms with Crippen LogP contribution in [0.25, 0.3) is 0 Å². The van der Waals surface area contributed by atoms with Gasteiger partial charge in [0.25, 0.3) is 0 Å². The van der Waals surface area contributed by atoms with Crippen molar-refractivity contribution < 1.29 is 22.6 Å². The summed E-state index contributed by atoms with van der Waals surface area (Å²) in [5.74, 6) is 0.805. The van der Waals surface area contributed by atoms with E-state index in [1.54, 1.807) is 30.3 Å². The summed E-state index contributed by atoms with van der Waals surface area (Å²) < 4.78 is 43.7. The second-order valence-corrected chi connectivity index (χ2v) is 9.92. The number of ether oxygens (including phenoxy) is 3. The van der Waals surface area contributed by atoms with Crippen LogP contribution in [0.5, 0.6) is 11.5 Å². The number of thiocarbonyl (C=S) groups is 1. The molecule has 0 radical (unpaired) electrons. The molecule has 154 valence electrons. The molecule has 1 aliphatic heterocycles. The molecule has 2 N–H and O–H groups in total. The Bertz CT molecular complexity index is 1050. The standard InChI is InChI=1S/C21H23NO5S2/c1-3-25-11-21(20(22)28)18(14-6-9-16-17(10-14)27-12-26-16)19(21)29(23,24)15-7-4-13(2)5-8-15/h4-10,18-19H,3,11-12H2,1-2H3,(H2,22,28)/t18-,19+,21-/m1/s1. The minimum Gasteiger partial charge on any atom is -0.454 e. The highest BCUT2D eigenvalue weighted by atomic mass is 32.2. The van der Waals surface area contributed by atoms with Crippen LogP contribution in [-0.2, 0) is 14.6 Å². The van der Waals surface area contributed by atoms with Crippen molar-refractivity contribution in [3.63, 3.8) is 0 Å². The summed E-state index contributed by atoms with van der Waals surface area (Å²) in [5, 5.41) is -0.804. The predicted molar refractivity (Wildman–Crippen MR) is 113 cm³/mol. The summed E-state index contributed by atoms with van der Waals surface area (Å²) in [6, 6.07) is 12.3. The van der Waals surface area contributed by atoms with Crippen LogP contribution in [0.15, 0.2) is 47.4 Å². The molecule has 1 aliphatic carbocycles. The molecule has 4 rings (SSSR count). The van der Waals surface area contributed by atoms with Gasteiger partial charge in [0, 0.05) is 12.5 Å². The van der Waals surface area contributed by atoms with Crippen LogP contribution in [0.1, 0.15) is 24.0 Å². The van der Waals surface area contributed by atoms with Gasteiger partial charge in [0.15, 0.2) is 21.3 Å². The minimum atomic E-state index is -3.70. The molecule has 1 heterocycles. The molecule has 0 bridgehead atoms. The van der Waals surface area contributed by atoms with Gasteiger partial charge in [-0.3, -0.25) is 0 Å². The third kappa shape index (κ3) is 3.19. The zero-order valence-corrected chi connectivity index (χ0v) is 17.9. The van der Waals surface area contributed by atoms with E-state index in [1.165, 1.54) is 0 Å². The lowest BCUT2D eigenvalue weighted by atomic mass is 9.99. The summed E-state index contributed by atoms with van der Waals surface area (Å²) in [6.07, 6.45) is 0. The maximum absolute atomic E-state index is 13.6. The van der Waals surface area contributed by atoms with Crippen molar-refractivity contribution in [2.75, 3.05) is 20.0 Å². The lowest BCUT2D eigenvalue weighted by molar-refractivity contribution is 0.121. The van der Waals surface area contributed by atoms with Crippen molar-refractivity contribution in [1.29, 1.82) is 0 Å². The molecule has 1 saturated carbocycles. The van der Waals surface area contributed by atoms with Gasteiger partial charge in [-0.1, -0.05) is 36.0 Å². The monoisotopic (exact) mass is 433 g/mol. The second kappa shape index (κ2) is 7.27. The quantitative estimate of drug-likeness (QED) is 0.672. The Morgan fingerprint density at radius 1 is 1.21 bits per heavy atom. The van der Waals surface area contributed by atoms with E-state index in [4.69, 9.17) is 32.2 Å². The minimum absolute atomic E-state index is 0.147. The average Bonchev–Trinajstić information content (AvgIpc) is 3.18. The SMILES string of the molecule is CCOC[C@@]1(C(N)=S)[C@H](c2ccc3c(c2)OCO3)[C@@H]1S(=O)(=O)c1ccc(C)cc1. The van der Waals surface area contributed by atoms with Crippen molar-refractivity contribution in [3.05, 3.63) is 53.6 Å². The number of aryl methyl sites for hydroxylation is 1. The molecule has 0 unspecified atom stereocenters. The molecular formula is C21H23NO5S2. The highest BCUT2D eigenvalue weighted by Gasteiger charge is 2.73. The summed E-state index contributed by atoms with van der Waals surface area (Å²) in [7, 11) is -3.70. The van der Waals surface area contributed by atoms with Gasteiger partial charge in [-0.05, 0) is 43.7 Å². The largest absolute Gasteiger partial charge is 0.454 e. The third-order valence-electron chi connectivity index (χ3n) is 5.70. The maximum Gasteiger partial charge on any atom is 0.231 e. The first-order valence-electron chi connectivity index (χ1n) is 9.40. The van der Waals surface area contributed by atoms with Crippen molar-refractivity contribution in [3.8, 4) is 11.5 Å². The van der Waals surface area contributed by atoms with Crippen molar-refractivity contribution >= 4 is 27.0 Å². The molecule has 2 aromatic rings. The third-order valence-corrected chi connectivity index (χ3v) is 8.37. The fourth-order valence-electron chi connectivity index (χ4n) is 4.12. The average molecular weight is 434 g/mol. The van der Waals surface area contributed by atoms with Crippen molar-refractivity contribution in [2.45, 2.75) is 29.9 Å².